The van der Waals surface area contributed by atoms with Crippen LogP contribution in [0, 0.1) is 0 Å². The number of benzene rings is 2. The normalized spacial score (nSPS) is 15.1. The van der Waals surface area contributed by atoms with E-state index >= 15 is 0 Å². The summed E-state index contributed by atoms with van der Waals surface area (Å²) in [6.45, 7) is 1.97. The molecule has 1 aliphatic heterocycles. The van der Waals surface area contributed by atoms with Crippen molar-refractivity contribution in [3.8, 4) is 0 Å². The quantitative estimate of drug-likeness (QED) is 0.423. The Hall–Kier alpha value is -3.66. The molecule has 1 aliphatic rings. The highest BCUT2D eigenvalue weighted by Gasteiger charge is 2.27. The maximum atomic E-state index is 13.0. The van der Waals surface area contributed by atoms with Gasteiger partial charge in [-0.25, -0.2) is 9.67 Å². The largest absolute Gasteiger partial charge is 0.339 e. The SMILES string of the molecule is O=C(c1ccc2snnc2c1)N1CCC(c2nccn2Cn2nnc3ccccc32)CC1. The predicted molar refractivity (Wildman–Crippen MR) is 120 cm³/mol. The number of likely N-dealkylation sites (tertiary alicyclic amines) is 1. The molecule has 5 aromatic rings. The first-order chi connectivity index (χ1) is 15.8. The first kappa shape index (κ1) is 19.1. The number of imidazole rings is 1. The molecule has 1 amide bonds. The molecule has 4 heterocycles. The molecule has 0 bridgehead atoms. The monoisotopic (exact) mass is 444 g/mol. The lowest BCUT2D eigenvalue weighted by atomic mass is 9.95. The van der Waals surface area contributed by atoms with E-state index in [2.05, 4.69) is 29.5 Å². The lowest BCUT2D eigenvalue weighted by molar-refractivity contribution is 0.0710. The Morgan fingerprint density at radius 1 is 1.06 bits per heavy atom. The summed E-state index contributed by atoms with van der Waals surface area (Å²) in [6.07, 6.45) is 5.58. The first-order valence-corrected chi connectivity index (χ1v) is 11.3. The number of carbonyl (C=O) groups excluding carboxylic acids is 1. The van der Waals surface area contributed by atoms with Crippen LogP contribution in [0.1, 0.15) is 34.9 Å². The second-order valence-corrected chi connectivity index (χ2v) is 8.78. The van der Waals surface area contributed by atoms with E-state index in [9.17, 15) is 4.79 Å². The number of nitrogens with zero attached hydrogens (tertiary/aromatic N) is 8. The number of amides is 1. The molecule has 0 atom stereocenters. The van der Waals surface area contributed by atoms with E-state index in [4.69, 9.17) is 0 Å². The highest BCUT2D eigenvalue weighted by atomic mass is 32.1. The zero-order valence-electron chi connectivity index (χ0n) is 17.2. The molecule has 3 aromatic heterocycles. The second-order valence-electron chi connectivity index (χ2n) is 8.00. The molecule has 0 saturated carbocycles. The van der Waals surface area contributed by atoms with Crippen LogP contribution in [0.2, 0.25) is 0 Å². The van der Waals surface area contributed by atoms with Gasteiger partial charge < -0.3 is 9.47 Å². The summed E-state index contributed by atoms with van der Waals surface area (Å²) < 4.78 is 8.97. The van der Waals surface area contributed by atoms with E-state index in [1.807, 2.05) is 64.4 Å². The minimum absolute atomic E-state index is 0.0516. The lowest BCUT2D eigenvalue weighted by Crippen LogP contribution is -2.38. The molecule has 0 unspecified atom stereocenters. The number of hydrogen-bond acceptors (Lipinski definition) is 7. The third-order valence-corrected chi connectivity index (χ3v) is 6.80. The predicted octanol–water partition coefficient (Wildman–Crippen LogP) is 3.16. The van der Waals surface area contributed by atoms with Crippen LogP contribution in [-0.2, 0) is 6.67 Å². The molecular weight excluding hydrogens is 424 g/mol. The van der Waals surface area contributed by atoms with Gasteiger partial charge in [-0.15, -0.1) is 10.2 Å². The van der Waals surface area contributed by atoms with Crippen molar-refractivity contribution < 1.29 is 4.79 Å². The summed E-state index contributed by atoms with van der Waals surface area (Å²) in [7, 11) is 0. The summed E-state index contributed by atoms with van der Waals surface area (Å²) >= 11 is 1.34. The smallest absolute Gasteiger partial charge is 0.253 e. The Kier molecular flexibility index (Phi) is 4.64. The number of rotatable bonds is 4. The molecule has 6 rings (SSSR count). The van der Waals surface area contributed by atoms with Crippen molar-refractivity contribution in [1.82, 2.24) is 39.0 Å². The first-order valence-electron chi connectivity index (χ1n) is 10.6. The van der Waals surface area contributed by atoms with Crippen LogP contribution in [0.25, 0.3) is 21.3 Å². The van der Waals surface area contributed by atoms with Crippen molar-refractivity contribution in [2.24, 2.45) is 0 Å². The molecular formula is C22H20N8OS. The van der Waals surface area contributed by atoms with E-state index in [0.29, 0.717) is 31.2 Å². The number of piperidine rings is 1. The maximum absolute atomic E-state index is 13.0. The molecule has 160 valence electrons. The van der Waals surface area contributed by atoms with Gasteiger partial charge in [-0.2, -0.15) is 0 Å². The summed E-state index contributed by atoms with van der Waals surface area (Å²) in [5, 5.41) is 12.6. The number of para-hydroxylation sites is 1. The third kappa shape index (κ3) is 3.32. The molecule has 0 radical (unpaired) electrons. The maximum Gasteiger partial charge on any atom is 0.253 e. The van der Waals surface area contributed by atoms with Crippen LogP contribution >= 0.6 is 11.5 Å². The van der Waals surface area contributed by atoms with Gasteiger partial charge in [0.15, 0.2) is 0 Å². The molecule has 2 aromatic carbocycles. The third-order valence-electron chi connectivity index (χ3n) is 6.10. The van der Waals surface area contributed by atoms with Crippen molar-refractivity contribution in [2.45, 2.75) is 25.4 Å². The topological polar surface area (TPSA) is 94.6 Å². The number of fused-ring (bicyclic) bond motifs is 2. The lowest BCUT2D eigenvalue weighted by Gasteiger charge is -2.32. The molecule has 1 fully saturated rings. The Balaban J connectivity index is 1.16. The van der Waals surface area contributed by atoms with E-state index < -0.39 is 0 Å². The van der Waals surface area contributed by atoms with E-state index in [0.717, 1.165) is 39.9 Å². The average molecular weight is 445 g/mol. The molecule has 32 heavy (non-hydrogen) atoms. The standard InChI is InChI=1S/C22H20N8OS/c31-22(16-5-6-20-18(13-16)25-27-32-20)28-10-7-15(8-11-28)21-23-9-12-29(21)14-30-19-4-2-1-3-17(19)24-26-30/h1-6,9,12-13,15H,7-8,10-11,14H2. The van der Waals surface area contributed by atoms with Crippen LogP contribution in [-0.4, -0.2) is 58.0 Å². The molecule has 10 heteroatoms. The van der Waals surface area contributed by atoms with E-state index in [1.54, 1.807) is 0 Å². The van der Waals surface area contributed by atoms with Gasteiger partial charge >= 0.3 is 0 Å². The minimum atomic E-state index is 0.0516. The summed E-state index contributed by atoms with van der Waals surface area (Å²) in [5.74, 6) is 1.39. The van der Waals surface area contributed by atoms with Gasteiger partial charge in [-0.3, -0.25) is 4.79 Å². The molecule has 0 spiro atoms. The fraction of sp³-hybridized carbons (Fsp3) is 0.273. The number of hydrogen-bond donors (Lipinski definition) is 0. The minimum Gasteiger partial charge on any atom is -0.339 e. The van der Waals surface area contributed by atoms with Crippen molar-refractivity contribution in [3.63, 3.8) is 0 Å². The number of carbonyl (C=O) groups is 1. The Labute approximate surface area is 187 Å². The fourth-order valence-corrected chi connectivity index (χ4v) is 4.94. The van der Waals surface area contributed by atoms with Gasteiger partial charge in [0.1, 0.15) is 23.5 Å². The van der Waals surface area contributed by atoms with Crippen molar-refractivity contribution in [1.29, 1.82) is 0 Å². The van der Waals surface area contributed by atoms with E-state index in [-0.39, 0.29) is 5.91 Å². The molecule has 0 aliphatic carbocycles. The summed E-state index contributed by atoms with van der Waals surface area (Å²) in [4.78, 5) is 19.6. The Morgan fingerprint density at radius 2 is 1.94 bits per heavy atom. The molecule has 9 nitrogen and oxygen atoms in total. The van der Waals surface area contributed by atoms with Gasteiger partial charge in [0.05, 0.1) is 10.2 Å². The van der Waals surface area contributed by atoms with Gasteiger partial charge in [0.2, 0.25) is 0 Å². The van der Waals surface area contributed by atoms with E-state index in [1.165, 1.54) is 11.5 Å². The average Bonchev–Trinajstić information content (AvgIpc) is 3.59. The van der Waals surface area contributed by atoms with Crippen molar-refractivity contribution in [3.05, 3.63) is 66.2 Å². The van der Waals surface area contributed by atoms with Gasteiger partial charge in [0, 0.05) is 37.0 Å². The van der Waals surface area contributed by atoms with Crippen molar-refractivity contribution >= 4 is 38.7 Å². The van der Waals surface area contributed by atoms with Gasteiger partial charge in [-0.1, -0.05) is 21.8 Å². The van der Waals surface area contributed by atoms with Crippen LogP contribution in [0.15, 0.2) is 54.9 Å². The van der Waals surface area contributed by atoms with Crippen LogP contribution < -0.4 is 0 Å². The zero-order chi connectivity index (χ0) is 21.5. The van der Waals surface area contributed by atoms with Gasteiger partial charge in [-0.05, 0) is 54.7 Å². The second kappa shape index (κ2) is 7.79. The Bertz CT molecular complexity index is 1410. The van der Waals surface area contributed by atoms with Crippen LogP contribution in [0.5, 0.6) is 0 Å². The van der Waals surface area contributed by atoms with Crippen molar-refractivity contribution in [2.75, 3.05) is 13.1 Å². The molecule has 1 saturated heterocycles. The fourth-order valence-electron chi connectivity index (χ4n) is 4.40. The highest BCUT2D eigenvalue weighted by Crippen LogP contribution is 2.28. The zero-order valence-corrected chi connectivity index (χ0v) is 18.0. The van der Waals surface area contributed by atoms with Crippen LogP contribution in [0.4, 0.5) is 0 Å². The van der Waals surface area contributed by atoms with Gasteiger partial charge in [0.25, 0.3) is 5.91 Å². The molecule has 0 N–H and O–H groups in total. The Morgan fingerprint density at radius 3 is 2.84 bits per heavy atom. The number of aromatic nitrogens is 7. The van der Waals surface area contributed by atoms with Crippen LogP contribution in [0.3, 0.4) is 0 Å². The highest BCUT2D eigenvalue weighted by molar-refractivity contribution is 7.12. The summed E-state index contributed by atoms with van der Waals surface area (Å²) in [6, 6.07) is 13.6. The summed E-state index contributed by atoms with van der Waals surface area (Å²) in [5.41, 5.74) is 3.33.